The maximum absolute atomic E-state index is 11.3. The van der Waals surface area contributed by atoms with Gasteiger partial charge in [-0.1, -0.05) is 12.7 Å². The Labute approximate surface area is 116 Å². The second-order valence-corrected chi connectivity index (χ2v) is 4.74. The smallest absolute Gasteiger partial charge is 0.407 e. The molecule has 1 aromatic rings. The Bertz CT molecular complexity index is 418. The molecule has 6 heteroatoms. The molecular weight excluding hydrogens is 264 g/mol. The van der Waals surface area contributed by atoms with E-state index in [4.69, 9.17) is 4.74 Å². The summed E-state index contributed by atoms with van der Waals surface area (Å²) >= 11 is 1.58. The van der Waals surface area contributed by atoms with Crippen molar-refractivity contribution in [3.8, 4) is 0 Å². The zero-order chi connectivity index (χ0) is 14.1. The van der Waals surface area contributed by atoms with Crippen molar-refractivity contribution in [1.29, 1.82) is 0 Å². The van der Waals surface area contributed by atoms with Crippen LogP contribution >= 0.6 is 11.3 Å². The quantitative estimate of drug-likeness (QED) is 0.750. The van der Waals surface area contributed by atoms with Gasteiger partial charge in [-0.15, -0.1) is 0 Å². The normalized spacial score (nSPS) is 11.4. The van der Waals surface area contributed by atoms with Crippen LogP contribution in [0.4, 0.5) is 4.79 Å². The van der Waals surface area contributed by atoms with E-state index in [2.05, 4.69) is 17.2 Å². The number of hydrogen-bond donors (Lipinski definition) is 2. The van der Waals surface area contributed by atoms with Crippen LogP contribution in [0.25, 0.3) is 0 Å². The molecule has 1 aromatic heterocycles. The third kappa shape index (κ3) is 6.05. The van der Waals surface area contributed by atoms with Crippen molar-refractivity contribution >= 4 is 23.3 Å². The molecule has 0 aliphatic heterocycles. The lowest BCUT2D eigenvalue weighted by molar-refractivity contribution is -0.119. The highest BCUT2D eigenvalue weighted by Gasteiger charge is 2.14. The first kappa shape index (κ1) is 15.2. The Morgan fingerprint density at radius 3 is 2.79 bits per heavy atom. The molecule has 0 aliphatic carbocycles. The summed E-state index contributed by atoms with van der Waals surface area (Å²) in [5, 5.41) is 9.40. The van der Waals surface area contributed by atoms with E-state index in [9.17, 15) is 9.59 Å². The second-order valence-electron chi connectivity index (χ2n) is 3.96. The number of alkyl carbamates (subject to hydrolysis) is 1. The van der Waals surface area contributed by atoms with Crippen LogP contribution in [-0.2, 0) is 9.53 Å². The molecule has 2 amide bonds. The van der Waals surface area contributed by atoms with Crippen molar-refractivity contribution < 1.29 is 14.3 Å². The van der Waals surface area contributed by atoms with Crippen LogP contribution in [0.15, 0.2) is 29.5 Å². The number of ether oxygens (including phenoxy) is 1. The van der Waals surface area contributed by atoms with Crippen LogP contribution < -0.4 is 10.6 Å². The average Bonchev–Trinajstić information content (AvgIpc) is 2.89. The van der Waals surface area contributed by atoms with Gasteiger partial charge < -0.3 is 15.4 Å². The first-order valence-corrected chi connectivity index (χ1v) is 6.85. The molecule has 0 spiro atoms. The summed E-state index contributed by atoms with van der Waals surface area (Å²) in [7, 11) is 0. The molecule has 2 N–H and O–H groups in total. The lowest BCUT2D eigenvalue weighted by atomic mass is 10.0. The lowest BCUT2D eigenvalue weighted by Gasteiger charge is -2.16. The molecule has 1 heterocycles. The number of nitrogens with one attached hydrogen (secondary N) is 2. The molecule has 19 heavy (non-hydrogen) atoms. The van der Waals surface area contributed by atoms with E-state index < -0.39 is 6.09 Å². The van der Waals surface area contributed by atoms with Crippen LogP contribution in [0.3, 0.4) is 0 Å². The molecule has 0 unspecified atom stereocenters. The number of amides is 2. The minimum absolute atomic E-state index is 0.0337. The molecule has 0 saturated heterocycles. The molecule has 104 valence electrons. The number of thiophene rings is 1. The zero-order valence-electron chi connectivity index (χ0n) is 10.8. The summed E-state index contributed by atoms with van der Waals surface area (Å²) in [5.41, 5.74) is 1.09. The molecule has 0 bridgehead atoms. The van der Waals surface area contributed by atoms with Crippen LogP contribution in [0.2, 0.25) is 0 Å². The summed E-state index contributed by atoms with van der Waals surface area (Å²) < 4.78 is 4.83. The third-order valence-electron chi connectivity index (χ3n) is 2.44. The van der Waals surface area contributed by atoms with Crippen LogP contribution in [0, 0.1) is 0 Å². The minimum atomic E-state index is -0.483. The van der Waals surface area contributed by atoms with E-state index in [-0.39, 0.29) is 18.4 Å². The van der Waals surface area contributed by atoms with E-state index in [0.717, 1.165) is 5.56 Å². The summed E-state index contributed by atoms with van der Waals surface area (Å²) in [6.45, 7) is 6.01. The first-order valence-electron chi connectivity index (χ1n) is 5.91. The van der Waals surface area contributed by atoms with E-state index >= 15 is 0 Å². The fraction of sp³-hybridized carbons (Fsp3) is 0.385. The second kappa shape index (κ2) is 8.31. The highest BCUT2D eigenvalue weighted by Crippen LogP contribution is 2.17. The van der Waals surface area contributed by atoms with Gasteiger partial charge in [0.15, 0.2) is 0 Å². The van der Waals surface area contributed by atoms with Gasteiger partial charge in [-0.25, -0.2) is 4.79 Å². The van der Waals surface area contributed by atoms with Crippen molar-refractivity contribution in [3.63, 3.8) is 0 Å². The topological polar surface area (TPSA) is 67.4 Å². The Morgan fingerprint density at radius 2 is 2.21 bits per heavy atom. The molecule has 0 radical (unpaired) electrons. The van der Waals surface area contributed by atoms with E-state index in [1.165, 1.54) is 13.0 Å². The van der Waals surface area contributed by atoms with Crippen molar-refractivity contribution in [2.45, 2.75) is 12.8 Å². The van der Waals surface area contributed by atoms with Gasteiger partial charge in [0.1, 0.15) is 6.61 Å². The van der Waals surface area contributed by atoms with E-state index in [1.54, 1.807) is 11.3 Å². The Kier molecular flexibility index (Phi) is 6.67. The number of carbonyl (C=O) groups is 2. The monoisotopic (exact) mass is 282 g/mol. The Hall–Kier alpha value is -1.82. The van der Waals surface area contributed by atoms with Crippen molar-refractivity contribution in [1.82, 2.24) is 10.6 Å². The standard InChI is InChI=1S/C13H18N2O3S/c1-3-5-18-13(17)15-8-12(7-14-10(2)16)11-4-6-19-9-11/h3-4,6,9,12H,1,5,7-8H2,2H3,(H,14,16)(H,15,17)/t12-/m1/s1. The summed E-state index contributed by atoms with van der Waals surface area (Å²) in [6, 6.07) is 1.98. The molecule has 0 saturated carbocycles. The van der Waals surface area contributed by atoms with E-state index in [1.807, 2.05) is 16.8 Å². The summed E-state index contributed by atoms with van der Waals surface area (Å²) in [5.74, 6) is -0.0547. The summed E-state index contributed by atoms with van der Waals surface area (Å²) in [4.78, 5) is 22.3. The zero-order valence-corrected chi connectivity index (χ0v) is 11.7. The average molecular weight is 282 g/mol. The maximum Gasteiger partial charge on any atom is 0.407 e. The fourth-order valence-corrected chi connectivity index (χ4v) is 2.22. The molecular formula is C13H18N2O3S. The van der Waals surface area contributed by atoms with Gasteiger partial charge in [0.25, 0.3) is 0 Å². The van der Waals surface area contributed by atoms with Gasteiger partial charge in [-0.3, -0.25) is 4.79 Å². The van der Waals surface area contributed by atoms with Gasteiger partial charge in [0.05, 0.1) is 0 Å². The number of rotatable bonds is 7. The summed E-state index contributed by atoms with van der Waals surface area (Å²) in [6.07, 6.45) is 1.02. The van der Waals surface area contributed by atoms with Crippen molar-refractivity contribution in [2.75, 3.05) is 19.7 Å². The maximum atomic E-state index is 11.3. The van der Waals surface area contributed by atoms with Crippen LogP contribution in [0.5, 0.6) is 0 Å². The molecule has 0 aliphatic rings. The SMILES string of the molecule is C=CCOC(=O)NC[C@@H](CNC(C)=O)c1ccsc1. The van der Waals surface area contributed by atoms with Crippen molar-refractivity contribution in [3.05, 3.63) is 35.0 Å². The van der Waals surface area contributed by atoms with Gasteiger partial charge in [0.2, 0.25) is 5.91 Å². The molecule has 5 nitrogen and oxygen atoms in total. The Balaban J connectivity index is 2.47. The molecule has 0 aromatic carbocycles. The largest absolute Gasteiger partial charge is 0.445 e. The lowest BCUT2D eigenvalue weighted by Crippen LogP contribution is -2.34. The van der Waals surface area contributed by atoms with Crippen LogP contribution in [-0.4, -0.2) is 31.7 Å². The van der Waals surface area contributed by atoms with Crippen molar-refractivity contribution in [2.24, 2.45) is 0 Å². The molecule has 0 fully saturated rings. The first-order chi connectivity index (χ1) is 9.13. The molecule has 1 atom stereocenters. The minimum Gasteiger partial charge on any atom is -0.445 e. The highest BCUT2D eigenvalue weighted by atomic mass is 32.1. The van der Waals surface area contributed by atoms with Gasteiger partial charge in [-0.05, 0) is 22.4 Å². The third-order valence-corrected chi connectivity index (χ3v) is 3.14. The Morgan fingerprint density at radius 1 is 1.47 bits per heavy atom. The van der Waals surface area contributed by atoms with Crippen LogP contribution in [0.1, 0.15) is 18.4 Å². The predicted octanol–water partition coefficient (Wildman–Crippen LogP) is 1.88. The number of hydrogen-bond acceptors (Lipinski definition) is 4. The predicted molar refractivity (Wildman–Crippen MR) is 75.3 cm³/mol. The highest BCUT2D eigenvalue weighted by molar-refractivity contribution is 7.07. The fourth-order valence-electron chi connectivity index (χ4n) is 1.47. The van der Waals surface area contributed by atoms with Gasteiger partial charge in [-0.2, -0.15) is 11.3 Å². The molecule has 1 rings (SSSR count). The number of carbonyl (C=O) groups excluding carboxylic acids is 2. The van der Waals surface area contributed by atoms with Gasteiger partial charge >= 0.3 is 6.09 Å². The van der Waals surface area contributed by atoms with E-state index in [0.29, 0.717) is 13.1 Å². The van der Waals surface area contributed by atoms with Gasteiger partial charge in [0, 0.05) is 25.9 Å².